The molecule has 0 heterocycles. The van der Waals surface area contributed by atoms with Gasteiger partial charge in [0.2, 0.25) is 0 Å². The van der Waals surface area contributed by atoms with Gasteiger partial charge >= 0.3 is 0 Å². The lowest BCUT2D eigenvalue weighted by molar-refractivity contribution is 0.100. The van der Waals surface area contributed by atoms with Crippen LogP contribution in [-0.2, 0) is 10.0 Å². The number of hydrogen-bond donors (Lipinski definition) is 0. The average molecular weight is 394 g/mol. The Balaban J connectivity index is 2.24. The van der Waals surface area contributed by atoms with E-state index in [4.69, 9.17) is 0 Å². The largest absolute Gasteiger partial charge is 0.272 e. The smallest absolute Gasteiger partial charge is 0.268 e. The summed E-state index contributed by atoms with van der Waals surface area (Å²) in [4.78, 5) is 13.5. The summed E-state index contributed by atoms with van der Waals surface area (Å²) < 4.78 is 27.9. The summed E-state index contributed by atoms with van der Waals surface area (Å²) in [6.07, 6.45) is 0. The Morgan fingerprint density at radius 2 is 1.43 bits per heavy atom. The van der Waals surface area contributed by atoms with Gasteiger partial charge in [0, 0.05) is 5.56 Å². The highest BCUT2D eigenvalue weighted by atomic mass is 32.2. The molecule has 0 fully saturated rings. The fourth-order valence-electron chi connectivity index (χ4n) is 2.99. The standard InChI is InChI=1S/C23H23NO3S/c1-16-13-14-20(15-18(16)3)23(25)24(22-12-8-9-17(2)19(22)4)28(26,27)21-10-6-5-7-11-21/h5-15H,1-4H3. The van der Waals surface area contributed by atoms with Crippen LogP contribution >= 0.6 is 0 Å². The van der Waals surface area contributed by atoms with Crippen LogP contribution in [0, 0.1) is 27.7 Å². The van der Waals surface area contributed by atoms with Crippen LogP contribution in [0.5, 0.6) is 0 Å². The number of sulfonamides is 1. The van der Waals surface area contributed by atoms with Crippen molar-refractivity contribution in [2.75, 3.05) is 4.31 Å². The Morgan fingerprint density at radius 1 is 0.750 bits per heavy atom. The molecular formula is C23H23NO3S. The molecule has 0 spiro atoms. The molecule has 0 bridgehead atoms. The lowest BCUT2D eigenvalue weighted by Crippen LogP contribution is -2.37. The van der Waals surface area contributed by atoms with Crippen molar-refractivity contribution in [3.8, 4) is 0 Å². The van der Waals surface area contributed by atoms with Gasteiger partial charge in [-0.15, -0.1) is 0 Å². The zero-order valence-electron chi connectivity index (χ0n) is 16.4. The third-order valence-electron chi connectivity index (χ3n) is 5.01. The minimum Gasteiger partial charge on any atom is -0.268 e. The van der Waals surface area contributed by atoms with Crippen molar-refractivity contribution in [3.05, 3.63) is 94.5 Å². The number of rotatable bonds is 4. The van der Waals surface area contributed by atoms with E-state index < -0.39 is 15.9 Å². The molecule has 28 heavy (non-hydrogen) atoms. The molecule has 144 valence electrons. The fourth-order valence-corrected chi connectivity index (χ4v) is 4.49. The van der Waals surface area contributed by atoms with E-state index in [0.717, 1.165) is 26.6 Å². The summed E-state index contributed by atoms with van der Waals surface area (Å²) in [7, 11) is -4.08. The van der Waals surface area contributed by atoms with Gasteiger partial charge in [0.25, 0.3) is 15.9 Å². The van der Waals surface area contributed by atoms with Crippen molar-refractivity contribution < 1.29 is 13.2 Å². The Hall–Kier alpha value is -2.92. The average Bonchev–Trinajstić information content (AvgIpc) is 2.68. The van der Waals surface area contributed by atoms with E-state index in [1.54, 1.807) is 42.5 Å². The van der Waals surface area contributed by atoms with Gasteiger partial charge in [-0.1, -0.05) is 36.4 Å². The van der Waals surface area contributed by atoms with E-state index in [2.05, 4.69) is 0 Å². The van der Waals surface area contributed by atoms with E-state index >= 15 is 0 Å². The lowest BCUT2D eigenvalue weighted by Gasteiger charge is -2.25. The molecule has 4 nitrogen and oxygen atoms in total. The maximum Gasteiger partial charge on any atom is 0.272 e. The zero-order chi connectivity index (χ0) is 20.5. The van der Waals surface area contributed by atoms with Crippen LogP contribution < -0.4 is 4.31 Å². The second-order valence-electron chi connectivity index (χ2n) is 6.91. The first kappa shape index (κ1) is 19.8. The number of anilines is 1. The molecule has 0 aliphatic heterocycles. The number of nitrogens with zero attached hydrogens (tertiary/aromatic N) is 1. The number of amides is 1. The van der Waals surface area contributed by atoms with Gasteiger partial charge in [-0.25, -0.2) is 8.42 Å². The van der Waals surface area contributed by atoms with Crippen molar-refractivity contribution in [1.82, 2.24) is 0 Å². The molecule has 0 aromatic heterocycles. The Kier molecular flexibility index (Phi) is 5.38. The summed E-state index contributed by atoms with van der Waals surface area (Å²) in [6, 6.07) is 18.6. The first-order chi connectivity index (χ1) is 13.2. The zero-order valence-corrected chi connectivity index (χ0v) is 17.2. The number of carbonyl (C=O) groups excluding carboxylic acids is 1. The van der Waals surface area contributed by atoms with Crippen molar-refractivity contribution >= 4 is 21.6 Å². The van der Waals surface area contributed by atoms with E-state index in [1.807, 2.05) is 39.8 Å². The van der Waals surface area contributed by atoms with E-state index in [-0.39, 0.29) is 4.90 Å². The van der Waals surface area contributed by atoms with Crippen LogP contribution in [0.4, 0.5) is 5.69 Å². The van der Waals surface area contributed by atoms with Gasteiger partial charge in [0.1, 0.15) is 0 Å². The molecule has 0 saturated carbocycles. The van der Waals surface area contributed by atoms with Crippen LogP contribution in [0.1, 0.15) is 32.6 Å². The number of benzene rings is 3. The lowest BCUT2D eigenvalue weighted by atomic mass is 10.0. The van der Waals surface area contributed by atoms with E-state index in [9.17, 15) is 13.2 Å². The van der Waals surface area contributed by atoms with Crippen molar-refractivity contribution in [2.45, 2.75) is 32.6 Å². The molecule has 0 aliphatic carbocycles. The van der Waals surface area contributed by atoms with Crippen LogP contribution in [-0.4, -0.2) is 14.3 Å². The third kappa shape index (κ3) is 3.58. The number of aryl methyl sites for hydroxylation is 3. The maximum atomic E-state index is 13.5. The van der Waals surface area contributed by atoms with Gasteiger partial charge in [0.15, 0.2) is 0 Å². The number of hydrogen-bond acceptors (Lipinski definition) is 3. The van der Waals surface area contributed by atoms with Gasteiger partial charge in [-0.2, -0.15) is 4.31 Å². The molecule has 0 saturated heterocycles. The van der Waals surface area contributed by atoms with Crippen LogP contribution in [0.2, 0.25) is 0 Å². The SMILES string of the molecule is Cc1ccc(C(=O)N(c2cccc(C)c2C)S(=O)(=O)c2ccccc2)cc1C. The van der Waals surface area contributed by atoms with Gasteiger partial charge < -0.3 is 0 Å². The normalized spacial score (nSPS) is 11.3. The van der Waals surface area contributed by atoms with Crippen LogP contribution in [0.15, 0.2) is 71.6 Å². The summed E-state index contributed by atoms with van der Waals surface area (Å²) >= 11 is 0. The summed E-state index contributed by atoms with van der Waals surface area (Å²) in [5.74, 6) is -0.569. The van der Waals surface area contributed by atoms with E-state index in [0.29, 0.717) is 11.3 Å². The second kappa shape index (κ2) is 7.60. The Labute approximate surface area is 166 Å². The fraction of sp³-hybridized carbons (Fsp3) is 0.174. The second-order valence-corrected chi connectivity index (χ2v) is 8.69. The highest BCUT2D eigenvalue weighted by Gasteiger charge is 2.33. The maximum absolute atomic E-state index is 13.5. The summed E-state index contributed by atoms with van der Waals surface area (Å²) in [5.41, 5.74) is 4.35. The monoisotopic (exact) mass is 393 g/mol. The van der Waals surface area contributed by atoms with Gasteiger partial charge in [-0.3, -0.25) is 4.79 Å². The van der Waals surface area contributed by atoms with Crippen molar-refractivity contribution in [1.29, 1.82) is 0 Å². The first-order valence-electron chi connectivity index (χ1n) is 9.01. The molecule has 0 N–H and O–H groups in total. The minimum absolute atomic E-state index is 0.0769. The molecule has 0 aliphatic rings. The Bertz CT molecular complexity index is 1140. The minimum atomic E-state index is -4.08. The molecule has 5 heteroatoms. The summed E-state index contributed by atoms with van der Waals surface area (Å²) in [6.45, 7) is 7.57. The molecule has 0 atom stereocenters. The Morgan fingerprint density at radius 3 is 2.07 bits per heavy atom. The highest BCUT2D eigenvalue weighted by Crippen LogP contribution is 2.30. The van der Waals surface area contributed by atoms with Crippen LogP contribution in [0.3, 0.4) is 0 Å². The van der Waals surface area contributed by atoms with Crippen LogP contribution in [0.25, 0.3) is 0 Å². The first-order valence-corrected chi connectivity index (χ1v) is 10.5. The van der Waals surface area contributed by atoms with Crippen molar-refractivity contribution in [3.63, 3.8) is 0 Å². The van der Waals surface area contributed by atoms with Gasteiger partial charge in [0.05, 0.1) is 10.6 Å². The predicted molar refractivity (Wildman–Crippen MR) is 112 cm³/mol. The molecule has 0 unspecified atom stereocenters. The third-order valence-corrected chi connectivity index (χ3v) is 6.73. The molecule has 3 rings (SSSR count). The van der Waals surface area contributed by atoms with E-state index in [1.165, 1.54) is 12.1 Å². The highest BCUT2D eigenvalue weighted by molar-refractivity contribution is 7.93. The van der Waals surface area contributed by atoms with Crippen molar-refractivity contribution in [2.24, 2.45) is 0 Å². The molecule has 0 radical (unpaired) electrons. The summed E-state index contributed by atoms with van der Waals surface area (Å²) in [5, 5.41) is 0. The topological polar surface area (TPSA) is 54.5 Å². The molecule has 1 amide bonds. The molecule has 3 aromatic carbocycles. The predicted octanol–water partition coefficient (Wildman–Crippen LogP) is 4.96. The van der Waals surface area contributed by atoms with Gasteiger partial charge in [-0.05, 0) is 80.3 Å². The quantitative estimate of drug-likeness (QED) is 0.630. The molecular weight excluding hydrogens is 370 g/mol. The molecule has 3 aromatic rings. The number of carbonyl (C=O) groups is 1.